The first-order valence-corrected chi connectivity index (χ1v) is 11.1. The van der Waals surface area contributed by atoms with Gasteiger partial charge in [-0.3, -0.25) is 0 Å². The van der Waals surface area contributed by atoms with Crippen LogP contribution in [0.5, 0.6) is 0 Å². The van der Waals surface area contributed by atoms with E-state index in [9.17, 15) is 0 Å². The van der Waals surface area contributed by atoms with Crippen LogP contribution in [0.1, 0.15) is 12.8 Å². The van der Waals surface area contributed by atoms with Crippen LogP contribution in [0.15, 0.2) is 12.2 Å². The summed E-state index contributed by atoms with van der Waals surface area (Å²) in [5, 5.41) is 0. The zero-order valence-corrected chi connectivity index (χ0v) is 16.1. The highest BCUT2D eigenvalue weighted by molar-refractivity contribution is 6.31. The Bertz CT molecular complexity index is 190. The lowest BCUT2D eigenvalue weighted by atomic mass is 10.5. The molecule has 0 fully saturated rings. The molecule has 0 saturated carbocycles. The van der Waals surface area contributed by atoms with E-state index < -0.39 is 19.5 Å². The van der Waals surface area contributed by atoms with E-state index in [0.717, 1.165) is 12.1 Å². The molecule has 18 heavy (non-hydrogen) atoms. The van der Waals surface area contributed by atoms with E-state index in [4.69, 9.17) is 55.3 Å². The Balaban J connectivity index is 3.28. The van der Waals surface area contributed by atoms with Crippen molar-refractivity contribution in [2.75, 3.05) is 11.8 Å². The van der Waals surface area contributed by atoms with Gasteiger partial charge in [-0.25, -0.2) is 0 Å². The summed E-state index contributed by atoms with van der Waals surface area (Å²) in [5.74, 6) is 1.09. The third kappa shape index (κ3) is 13.7. The first-order chi connectivity index (χ1) is 8.70. The highest BCUT2D eigenvalue weighted by Gasteiger charge is 2.02. The second-order valence-corrected chi connectivity index (χ2v) is 7.93. The zero-order chi connectivity index (χ0) is 13.6. The van der Waals surface area contributed by atoms with Crippen molar-refractivity contribution in [3.63, 3.8) is 0 Å². The molecule has 0 rings (SSSR count). The Morgan fingerprint density at radius 1 is 0.833 bits per heavy atom. The fourth-order valence-corrected chi connectivity index (χ4v) is 4.33. The molecular formula is C10H20Cl4O2Si2. The minimum absolute atomic E-state index is 0.215. The molecule has 0 heterocycles. The first kappa shape index (κ1) is 19.3. The monoisotopic (exact) mass is 368 g/mol. The molecule has 0 aliphatic rings. The van der Waals surface area contributed by atoms with Gasteiger partial charge in [-0.2, -0.15) is 0 Å². The van der Waals surface area contributed by atoms with E-state index in [1.807, 2.05) is 0 Å². The Hall–Kier alpha value is 1.25. The molecule has 0 N–H and O–H groups in total. The molecule has 0 spiro atoms. The van der Waals surface area contributed by atoms with Crippen molar-refractivity contribution in [2.24, 2.45) is 0 Å². The highest BCUT2D eigenvalue weighted by atomic mass is 35.5. The van der Waals surface area contributed by atoms with E-state index in [2.05, 4.69) is 12.2 Å². The predicted octanol–water partition coefficient (Wildman–Crippen LogP) is 2.97. The van der Waals surface area contributed by atoms with Crippen molar-refractivity contribution in [3.8, 4) is 0 Å². The van der Waals surface area contributed by atoms with Crippen LogP contribution >= 0.6 is 46.4 Å². The van der Waals surface area contributed by atoms with E-state index in [1.165, 1.54) is 0 Å². The van der Waals surface area contributed by atoms with Crippen molar-refractivity contribution in [1.29, 1.82) is 0 Å². The molecular weight excluding hydrogens is 350 g/mol. The van der Waals surface area contributed by atoms with Gasteiger partial charge in [0.05, 0.1) is 0 Å². The van der Waals surface area contributed by atoms with Gasteiger partial charge in [0, 0.05) is 24.6 Å². The molecule has 0 aliphatic carbocycles. The summed E-state index contributed by atoms with van der Waals surface area (Å²) in [7, 11) is -1.12. The maximum atomic E-state index is 5.87. The number of alkyl halides is 4. The van der Waals surface area contributed by atoms with Gasteiger partial charge in [0.2, 0.25) is 0 Å². The quantitative estimate of drug-likeness (QED) is 0.228. The molecule has 8 heteroatoms. The van der Waals surface area contributed by atoms with Crippen LogP contribution in [0.25, 0.3) is 0 Å². The van der Waals surface area contributed by atoms with Gasteiger partial charge in [-0.15, -0.1) is 23.2 Å². The minimum Gasteiger partial charge on any atom is -0.408 e. The van der Waals surface area contributed by atoms with Crippen LogP contribution in [0.3, 0.4) is 0 Å². The van der Waals surface area contributed by atoms with Gasteiger partial charge in [0.25, 0.3) is 0 Å². The molecule has 0 saturated heterocycles. The normalized spacial score (nSPS) is 16.4. The smallest absolute Gasteiger partial charge is 0.167 e. The van der Waals surface area contributed by atoms with Crippen LogP contribution < -0.4 is 0 Å². The van der Waals surface area contributed by atoms with Crippen LogP contribution in [0, 0.1) is 0 Å². The van der Waals surface area contributed by atoms with Crippen LogP contribution in [-0.2, 0) is 8.85 Å². The van der Waals surface area contributed by atoms with E-state index in [0.29, 0.717) is 24.6 Å². The van der Waals surface area contributed by atoms with Crippen molar-refractivity contribution < 1.29 is 8.85 Å². The average Bonchev–Trinajstić information content (AvgIpc) is 2.33. The standard InChI is InChI=1S/C10H20Cl4O2Si2/c11-5-3-9(13)15-17-7-1-2-8-18-16-10(14)4-6-12/h1-2,9-10H,3-8,17-18H2. The Labute approximate surface area is 134 Å². The zero-order valence-electron chi connectivity index (χ0n) is 10.3. The lowest BCUT2D eigenvalue weighted by molar-refractivity contribution is 0.293. The van der Waals surface area contributed by atoms with Crippen LogP contribution in [0.4, 0.5) is 0 Å². The van der Waals surface area contributed by atoms with Gasteiger partial charge in [0.1, 0.15) is 11.1 Å². The molecule has 2 nitrogen and oxygen atoms in total. The lowest BCUT2D eigenvalue weighted by Crippen LogP contribution is -2.09. The molecule has 0 aromatic rings. The van der Waals surface area contributed by atoms with E-state index in [-0.39, 0.29) is 11.1 Å². The topological polar surface area (TPSA) is 18.5 Å². The summed E-state index contributed by atoms with van der Waals surface area (Å²) in [6.45, 7) is 0. The Kier molecular flexibility index (Phi) is 15.7. The molecule has 0 amide bonds. The average molecular weight is 370 g/mol. The van der Waals surface area contributed by atoms with E-state index in [1.54, 1.807) is 0 Å². The van der Waals surface area contributed by atoms with E-state index >= 15 is 0 Å². The molecule has 0 bridgehead atoms. The summed E-state index contributed by atoms with van der Waals surface area (Å²) in [4.78, 5) is 0. The highest BCUT2D eigenvalue weighted by Crippen LogP contribution is 2.06. The number of halogens is 4. The van der Waals surface area contributed by atoms with Crippen molar-refractivity contribution in [2.45, 2.75) is 36.1 Å². The number of allylic oxidation sites excluding steroid dienone is 2. The van der Waals surface area contributed by atoms with Gasteiger partial charge in [-0.1, -0.05) is 35.4 Å². The van der Waals surface area contributed by atoms with Gasteiger partial charge in [-0.05, 0) is 12.1 Å². The Morgan fingerprint density at radius 2 is 1.22 bits per heavy atom. The summed E-state index contributed by atoms with van der Waals surface area (Å²) in [5.41, 5.74) is -0.430. The lowest BCUT2D eigenvalue weighted by Gasteiger charge is -2.08. The van der Waals surface area contributed by atoms with Gasteiger partial charge < -0.3 is 8.85 Å². The largest absolute Gasteiger partial charge is 0.408 e. The van der Waals surface area contributed by atoms with Crippen LogP contribution in [-0.4, -0.2) is 42.4 Å². The molecule has 0 aromatic heterocycles. The summed E-state index contributed by atoms with van der Waals surface area (Å²) in [6, 6.07) is 1.98. The molecule has 0 aliphatic heterocycles. The Morgan fingerprint density at radius 3 is 1.56 bits per heavy atom. The molecule has 108 valence electrons. The molecule has 2 unspecified atom stereocenters. The number of hydrogen-bond donors (Lipinski definition) is 0. The van der Waals surface area contributed by atoms with Gasteiger partial charge >= 0.3 is 0 Å². The predicted molar refractivity (Wildman–Crippen MR) is 88.0 cm³/mol. The number of hydrogen-bond acceptors (Lipinski definition) is 2. The minimum atomic E-state index is -0.561. The number of rotatable bonds is 12. The second-order valence-electron chi connectivity index (χ2n) is 3.57. The molecule has 0 aromatic carbocycles. The summed E-state index contributed by atoms with van der Waals surface area (Å²) < 4.78 is 10.9. The third-order valence-corrected chi connectivity index (χ3v) is 5.97. The van der Waals surface area contributed by atoms with Crippen molar-refractivity contribution in [3.05, 3.63) is 12.2 Å². The molecule has 0 radical (unpaired) electrons. The van der Waals surface area contributed by atoms with Gasteiger partial charge in [0.15, 0.2) is 19.5 Å². The fourth-order valence-electron chi connectivity index (χ4n) is 1.10. The fraction of sp³-hybridized carbons (Fsp3) is 0.800. The first-order valence-electron chi connectivity index (χ1n) is 5.99. The maximum Gasteiger partial charge on any atom is 0.167 e. The van der Waals surface area contributed by atoms with Crippen molar-refractivity contribution in [1.82, 2.24) is 0 Å². The van der Waals surface area contributed by atoms with Crippen LogP contribution in [0.2, 0.25) is 12.1 Å². The second kappa shape index (κ2) is 14.7. The molecule has 2 atom stereocenters. The van der Waals surface area contributed by atoms with Crippen molar-refractivity contribution >= 4 is 65.9 Å². The maximum absolute atomic E-state index is 5.87. The third-order valence-electron chi connectivity index (χ3n) is 2.01. The summed E-state index contributed by atoms with van der Waals surface area (Å²) >= 11 is 22.8. The summed E-state index contributed by atoms with van der Waals surface area (Å²) in [6.07, 6.45) is 5.69. The SMILES string of the molecule is ClCCC(Cl)O[SiH2]CC=CC[SiH2]OC(Cl)CCCl.